The van der Waals surface area contributed by atoms with Crippen molar-refractivity contribution in [3.05, 3.63) is 70.8 Å². The third-order valence-electron chi connectivity index (χ3n) is 4.83. The van der Waals surface area contributed by atoms with Crippen molar-refractivity contribution in [2.75, 3.05) is 6.61 Å². The number of nitrogens with zero attached hydrogens (tertiary/aromatic N) is 2. The summed E-state index contributed by atoms with van der Waals surface area (Å²) < 4.78 is 5.49. The van der Waals surface area contributed by atoms with Gasteiger partial charge in [-0.3, -0.25) is 9.78 Å². The van der Waals surface area contributed by atoms with Gasteiger partial charge in [-0.2, -0.15) is 0 Å². The average Bonchev–Trinajstić information content (AvgIpc) is 3.27. The fraction of sp³-hybridized carbons (Fsp3) is 0.250. The van der Waals surface area contributed by atoms with E-state index in [2.05, 4.69) is 9.97 Å². The molecule has 1 N–H and O–H groups in total. The van der Waals surface area contributed by atoms with Crippen LogP contribution in [0.1, 0.15) is 28.9 Å². The first-order valence-electron chi connectivity index (χ1n) is 8.37. The van der Waals surface area contributed by atoms with Crippen molar-refractivity contribution in [1.29, 1.82) is 0 Å². The van der Waals surface area contributed by atoms with Gasteiger partial charge in [-0.15, -0.1) is 0 Å². The number of Topliss-reactive ketones (excluding diaryl/α,β-unsaturated/α-hetero) is 1. The van der Waals surface area contributed by atoms with E-state index in [0.29, 0.717) is 22.4 Å². The summed E-state index contributed by atoms with van der Waals surface area (Å²) in [4.78, 5) is 20.7. The van der Waals surface area contributed by atoms with Crippen LogP contribution >= 0.6 is 11.6 Å². The molecule has 1 aliphatic rings. The Morgan fingerprint density at radius 1 is 1.15 bits per heavy atom. The van der Waals surface area contributed by atoms with Gasteiger partial charge in [-0.1, -0.05) is 41.9 Å². The molecule has 0 spiro atoms. The van der Waals surface area contributed by atoms with E-state index in [9.17, 15) is 9.90 Å². The van der Waals surface area contributed by atoms with Crippen molar-refractivity contribution < 1.29 is 14.3 Å². The lowest BCUT2D eigenvalue weighted by Gasteiger charge is -2.04. The normalized spacial score (nSPS) is 21.6. The van der Waals surface area contributed by atoms with Crippen LogP contribution in [0, 0.1) is 12.8 Å². The Bertz CT molecular complexity index is 955. The van der Waals surface area contributed by atoms with Gasteiger partial charge in [0.25, 0.3) is 0 Å². The summed E-state index contributed by atoms with van der Waals surface area (Å²) in [7, 11) is 0. The lowest BCUT2D eigenvalue weighted by atomic mass is 10.1. The molecular weight excluding hydrogens is 352 g/mol. The SMILES string of the molecule is Cc1ncc(-c2ncc([C@H]3[C@H](C(=O)CO)[C@@H]3c3ccccc3)cc2Cl)o1. The number of pyridine rings is 1. The van der Waals surface area contributed by atoms with Gasteiger partial charge >= 0.3 is 0 Å². The van der Waals surface area contributed by atoms with E-state index in [0.717, 1.165) is 11.1 Å². The molecule has 0 bridgehead atoms. The number of aliphatic hydroxyl groups excluding tert-OH is 1. The summed E-state index contributed by atoms with van der Waals surface area (Å²) in [5.41, 5.74) is 2.49. The molecular formula is C20H17ClN2O3. The molecule has 4 rings (SSSR count). The summed E-state index contributed by atoms with van der Waals surface area (Å²) in [6.45, 7) is 1.30. The van der Waals surface area contributed by atoms with E-state index in [-0.39, 0.29) is 23.5 Å². The summed E-state index contributed by atoms with van der Waals surface area (Å²) in [6.07, 6.45) is 3.32. The Hall–Kier alpha value is -2.50. The third-order valence-corrected chi connectivity index (χ3v) is 5.12. The zero-order chi connectivity index (χ0) is 18.3. The van der Waals surface area contributed by atoms with E-state index in [1.165, 1.54) is 0 Å². The molecule has 5 nitrogen and oxygen atoms in total. The van der Waals surface area contributed by atoms with Crippen LogP contribution in [0.3, 0.4) is 0 Å². The molecule has 3 atom stereocenters. The number of aromatic nitrogens is 2. The first-order valence-corrected chi connectivity index (χ1v) is 8.74. The summed E-state index contributed by atoms with van der Waals surface area (Å²) in [5, 5.41) is 9.77. The highest BCUT2D eigenvalue weighted by atomic mass is 35.5. The number of oxazole rings is 1. The Balaban J connectivity index is 1.67. The third kappa shape index (κ3) is 2.93. The van der Waals surface area contributed by atoms with Crippen molar-refractivity contribution >= 4 is 17.4 Å². The Morgan fingerprint density at radius 2 is 1.88 bits per heavy atom. The van der Waals surface area contributed by atoms with Crippen LogP contribution in [0.4, 0.5) is 0 Å². The van der Waals surface area contributed by atoms with Gasteiger partial charge in [-0.05, 0) is 17.2 Å². The fourth-order valence-electron chi connectivity index (χ4n) is 3.61. The Morgan fingerprint density at radius 3 is 2.50 bits per heavy atom. The second-order valence-electron chi connectivity index (χ2n) is 6.46. The first kappa shape index (κ1) is 16.9. The van der Waals surface area contributed by atoms with E-state index in [1.807, 2.05) is 36.4 Å². The number of aryl methyl sites for hydroxylation is 1. The van der Waals surface area contributed by atoms with Crippen LogP contribution in [0.2, 0.25) is 5.02 Å². The van der Waals surface area contributed by atoms with Crippen molar-refractivity contribution in [3.8, 4) is 11.5 Å². The van der Waals surface area contributed by atoms with Crippen molar-refractivity contribution in [3.63, 3.8) is 0 Å². The van der Waals surface area contributed by atoms with Gasteiger partial charge in [0.1, 0.15) is 12.3 Å². The van der Waals surface area contributed by atoms with Crippen LogP contribution in [0.15, 0.2) is 53.2 Å². The first-order chi connectivity index (χ1) is 12.6. The highest BCUT2D eigenvalue weighted by molar-refractivity contribution is 6.33. The van der Waals surface area contributed by atoms with E-state index < -0.39 is 6.61 Å². The summed E-state index contributed by atoms with van der Waals surface area (Å²) in [5.74, 6) is 0.646. The average molecular weight is 369 g/mol. The smallest absolute Gasteiger partial charge is 0.191 e. The van der Waals surface area contributed by atoms with Crippen molar-refractivity contribution in [2.45, 2.75) is 18.8 Å². The topological polar surface area (TPSA) is 76.2 Å². The lowest BCUT2D eigenvalue weighted by Crippen LogP contribution is -2.08. The van der Waals surface area contributed by atoms with Gasteiger partial charge in [0.15, 0.2) is 17.4 Å². The van der Waals surface area contributed by atoms with Crippen LogP contribution in [0.5, 0.6) is 0 Å². The van der Waals surface area contributed by atoms with Crippen molar-refractivity contribution in [2.24, 2.45) is 5.92 Å². The van der Waals surface area contributed by atoms with E-state index >= 15 is 0 Å². The molecule has 26 heavy (non-hydrogen) atoms. The molecule has 6 heteroatoms. The Labute approximate surface area is 155 Å². The molecule has 1 saturated carbocycles. The predicted octanol–water partition coefficient (Wildman–Crippen LogP) is 3.76. The minimum absolute atomic E-state index is 0.0343. The van der Waals surface area contributed by atoms with E-state index in [1.54, 1.807) is 19.3 Å². The minimum Gasteiger partial charge on any atom is -0.439 e. The quantitative estimate of drug-likeness (QED) is 0.742. The Kier molecular flexibility index (Phi) is 4.34. The van der Waals surface area contributed by atoms with Crippen LogP contribution in [0.25, 0.3) is 11.5 Å². The maximum Gasteiger partial charge on any atom is 0.191 e. The molecule has 1 fully saturated rings. The number of aliphatic hydroxyl groups is 1. The minimum atomic E-state index is -0.457. The highest BCUT2D eigenvalue weighted by Crippen LogP contribution is 2.61. The molecule has 3 aromatic rings. The lowest BCUT2D eigenvalue weighted by molar-refractivity contribution is -0.123. The highest BCUT2D eigenvalue weighted by Gasteiger charge is 2.55. The predicted molar refractivity (Wildman–Crippen MR) is 97.0 cm³/mol. The molecule has 1 aromatic carbocycles. The molecule has 0 aliphatic heterocycles. The monoisotopic (exact) mass is 368 g/mol. The number of carbonyl (C=O) groups is 1. The fourth-order valence-corrected chi connectivity index (χ4v) is 3.88. The second-order valence-corrected chi connectivity index (χ2v) is 6.86. The molecule has 2 heterocycles. The number of ketones is 1. The number of rotatable bonds is 5. The molecule has 0 unspecified atom stereocenters. The largest absolute Gasteiger partial charge is 0.439 e. The molecule has 132 valence electrons. The molecule has 0 saturated heterocycles. The maximum atomic E-state index is 12.2. The van der Waals surface area contributed by atoms with Gasteiger partial charge in [0.2, 0.25) is 0 Å². The number of carbonyl (C=O) groups excluding carboxylic acids is 1. The van der Waals surface area contributed by atoms with Crippen molar-refractivity contribution in [1.82, 2.24) is 9.97 Å². The number of halogens is 1. The molecule has 1 aliphatic carbocycles. The molecule has 0 amide bonds. The number of hydrogen-bond donors (Lipinski definition) is 1. The summed E-state index contributed by atoms with van der Waals surface area (Å²) in [6, 6.07) is 11.7. The van der Waals surface area contributed by atoms with Crippen LogP contribution < -0.4 is 0 Å². The van der Waals surface area contributed by atoms with Gasteiger partial charge < -0.3 is 9.52 Å². The zero-order valence-corrected chi connectivity index (χ0v) is 14.8. The zero-order valence-electron chi connectivity index (χ0n) is 14.1. The van der Waals surface area contributed by atoms with Crippen LogP contribution in [-0.4, -0.2) is 27.5 Å². The standard InChI is InChI=1S/C20H17ClN2O3/c1-11-22-9-16(26-11)20-14(21)7-13(8-23-20)18-17(19(18)15(25)10-24)12-5-3-2-4-6-12/h2-9,17-19,24H,10H2,1H3/t17-,18-,19-/m1/s1. The van der Waals surface area contributed by atoms with Gasteiger partial charge in [0.05, 0.1) is 11.2 Å². The summed E-state index contributed by atoms with van der Waals surface area (Å²) >= 11 is 6.42. The second kappa shape index (κ2) is 6.67. The molecule has 0 radical (unpaired) electrons. The van der Waals surface area contributed by atoms with Gasteiger partial charge in [-0.25, -0.2) is 4.98 Å². The molecule has 2 aromatic heterocycles. The van der Waals surface area contributed by atoms with E-state index in [4.69, 9.17) is 16.0 Å². The van der Waals surface area contributed by atoms with Gasteiger partial charge in [0, 0.05) is 30.9 Å². The number of hydrogen-bond acceptors (Lipinski definition) is 5. The maximum absolute atomic E-state index is 12.2. The number of benzene rings is 1. The van der Waals surface area contributed by atoms with Crippen LogP contribution in [-0.2, 0) is 4.79 Å².